The van der Waals surface area contributed by atoms with Crippen molar-refractivity contribution in [3.63, 3.8) is 0 Å². The minimum Gasteiger partial charge on any atom is -0.324 e. The third-order valence-electron chi connectivity index (χ3n) is 6.01. The minimum atomic E-state index is -4.56. The zero-order valence-electron chi connectivity index (χ0n) is 19.9. The highest BCUT2D eigenvalue weighted by Crippen LogP contribution is 2.33. The summed E-state index contributed by atoms with van der Waals surface area (Å²) in [7, 11) is 0. The molecule has 0 aliphatic heterocycles. The molecule has 3 aromatic heterocycles. The topological polar surface area (TPSA) is 76.9 Å². The SMILES string of the molecule is CC(C)C(=O)Nc1cccnc1-c1ccc2ncc3ccc(=O)n(-c4cccc(C(F)(F)F)c4)c3c2c1. The fraction of sp³-hybridized carbons (Fsp3) is 0.143. The van der Waals surface area contributed by atoms with Gasteiger partial charge in [-0.3, -0.25) is 24.1 Å². The monoisotopic (exact) mass is 502 g/mol. The molecule has 0 saturated heterocycles. The van der Waals surface area contributed by atoms with E-state index in [2.05, 4.69) is 15.3 Å². The molecule has 186 valence electrons. The predicted octanol–water partition coefficient (Wildman–Crippen LogP) is 6.21. The Hall–Kier alpha value is -4.53. The van der Waals surface area contributed by atoms with Crippen molar-refractivity contribution in [2.24, 2.45) is 5.92 Å². The first kappa shape index (κ1) is 24.2. The van der Waals surface area contributed by atoms with E-state index >= 15 is 0 Å². The van der Waals surface area contributed by atoms with Crippen LogP contribution in [0.5, 0.6) is 0 Å². The van der Waals surface area contributed by atoms with Crippen molar-refractivity contribution in [1.29, 1.82) is 0 Å². The fourth-order valence-electron chi connectivity index (χ4n) is 4.15. The molecule has 0 fully saturated rings. The van der Waals surface area contributed by atoms with E-state index in [4.69, 9.17) is 0 Å². The zero-order chi connectivity index (χ0) is 26.3. The standard InChI is InChI=1S/C28H21F3N4O2/c1-16(2)27(37)34-23-7-4-12-32-25(23)17-8-10-22-21(13-17)26-18(15-33-22)9-11-24(36)35(26)20-6-3-5-19(14-20)28(29,30)31/h3-16H,1-2H3,(H,34,37). The van der Waals surface area contributed by atoms with Crippen LogP contribution in [0.1, 0.15) is 19.4 Å². The summed E-state index contributed by atoms with van der Waals surface area (Å²) in [6.45, 7) is 3.57. The molecule has 6 nitrogen and oxygen atoms in total. The third-order valence-corrected chi connectivity index (χ3v) is 6.01. The summed E-state index contributed by atoms with van der Waals surface area (Å²) < 4.78 is 41.6. The largest absolute Gasteiger partial charge is 0.416 e. The summed E-state index contributed by atoms with van der Waals surface area (Å²) in [5.74, 6) is -0.403. The van der Waals surface area contributed by atoms with Crippen LogP contribution in [0.4, 0.5) is 18.9 Å². The van der Waals surface area contributed by atoms with E-state index in [-0.39, 0.29) is 17.5 Å². The van der Waals surface area contributed by atoms with Gasteiger partial charge in [-0.15, -0.1) is 0 Å². The number of pyridine rings is 3. The van der Waals surface area contributed by atoms with Crippen LogP contribution >= 0.6 is 0 Å². The second kappa shape index (κ2) is 9.16. The highest BCUT2D eigenvalue weighted by Gasteiger charge is 2.30. The molecule has 0 aliphatic carbocycles. The Bertz CT molecular complexity index is 1730. The van der Waals surface area contributed by atoms with E-state index in [9.17, 15) is 22.8 Å². The van der Waals surface area contributed by atoms with E-state index in [1.807, 2.05) is 0 Å². The Labute approximate surface area is 209 Å². The number of nitrogens with one attached hydrogen (secondary N) is 1. The average Bonchev–Trinajstić information content (AvgIpc) is 2.88. The second-order valence-electron chi connectivity index (χ2n) is 8.89. The number of benzene rings is 2. The highest BCUT2D eigenvalue weighted by molar-refractivity contribution is 6.06. The number of nitrogens with zero attached hydrogens (tertiary/aromatic N) is 3. The van der Waals surface area contributed by atoms with Crippen LogP contribution < -0.4 is 10.9 Å². The van der Waals surface area contributed by atoms with Crippen molar-refractivity contribution in [3.05, 3.63) is 95.0 Å². The molecule has 0 bridgehead atoms. The third kappa shape index (κ3) is 4.55. The molecule has 37 heavy (non-hydrogen) atoms. The van der Waals surface area contributed by atoms with Crippen LogP contribution in [0, 0.1) is 5.92 Å². The van der Waals surface area contributed by atoms with Gasteiger partial charge in [0.25, 0.3) is 5.56 Å². The first-order valence-corrected chi connectivity index (χ1v) is 11.5. The summed E-state index contributed by atoms with van der Waals surface area (Å²) in [4.78, 5) is 34.3. The van der Waals surface area contributed by atoms with Crippen molar-refractivity contribution >= 4 is 33.4 Å². The molecule has 0 aliphatic rings. The Kier molecular flexibility index (Phi) is 5.99. The highest BCUT2D eigenvalue weighted by atomic mass is 19.4. The quantitative estimate of drug-likeness (QED) is 0.296. The molecule has 0 atom stereocenters. The van der Waals surface area contributed by atoms with Gasteiger partial charge in [0, 0.05) is 46.4 Å². The molecule has 1 amide bonds. The van der Waals surface area contributed by atoms with Crippen molar-refractivity contribution in [3.8, 4) is 16.9 Å². The summed E-state index contributed by atoms with van der Waals surface area (Å²) in [5, 5.41) is 4.01. The summed E-state index contributed by atoms with van der Waals surface area (Å²) in [6, 6.07) is 16.3. The molecule has 3 heterocycles. The maximum absolute atomic E-state index is 13.4. The van der Waals surface area contributed by atoms with Gasteiger partial charge in [-0.1, -0.05) is 26.0 Å². The molecule has 0 saturated carbocycles. The Morgan fingerprint density at radius 3 is 2.54 bits per heavy atom. The molecular formula is C28H21F3N4O2. The van der Waals surface area contributed by atoms with Crippen LogP contribution in [0.2, 0.25) is 0 Å². The van der Waals surface area contributed by atoms with Gasteiger partial charge in [-0.2, -0.15) is 13.2 Å². The molecule has 0 unspecified atom stereocenters. The molecule has 5 aromatic rings. The Morgan fingerprint density at radius 2 is 1.78 bits per heavy atom. The normalized spacial score (nSPS) is 11.8. The van der Waals surface area contributed by atoms with Crippen LogP contribution in [-0.2, 0) is 11.0 Å². The number of amides is 1. The number of alkyl halides is 3. The number of carbonyl (C=O) groups excluding carboxylic acids is 1. The number of carbonyl (C=O) groups is 1. The van der Waals surface area contributed by atoms with E-state index in [0.717, 1.165) is 12.1 Å². The fourth-order valence-corrected chi connectivity index (χ4v) is 4.15. The van der Waals surface area contributed by atoms with Gasteiger partial charge >= 0.3 is 6.18 Å². The number of fused-ring (bicyclic) bond motifs is 3. The van der Waals surface area contributed by atoms with Crippen molar-refractivity contribution < 1.29 is 18.0 Å². The summed E-state index contributed by atoms with van der Waals surface area (Å²) in [5.41, 5.74) is 1.40. The Balaban J connectivity index is 1.77. The molecule has 5 rings (SSSR count). The van der Waals surface area contributed by atoms with Gasteiger partial charge in [-0.05, 0) is 48.5 Å². The first-order chi connectivity index (χ1) is 17.6. The number of rotatable bonds is 4. The molecule has 2 aromatic carbocycles. The van der Waals surface area contributed by atoms with E-state index in [1.165, 1.54) is 22.8 Å². The van der Waals surface area contributed by atoms with Crippen LogP contribution in [0.3, 0.4) is 0 Å². The molecule has 0 spiro atoms. The van der Waals surface area contributed by atoms with Crippen molar-refractivity contribution in [2.45, 2.75) is 20.0 Å². The van der Waals surface area contributed by atoms with Gasteiger partial charge < -0.3 is 5.32 Å². The van der Waals surface area contributed by atoms with Crippen molar-refractivity contribution in [1.82, 2.24) is 14.5 Å². The van der Waals surface area contributed by atoms with Gasteiger partial charge in [0.1, 0.15) is 0 Å². The minimum absolute atomic E-state index is 0.0889. The van der Waals surface area contributed by atoms with Crippen LogP contribution in [-0.4, -0.2) is 20.4 Å². The average molecular weight is 502 g/mol. The zero-order valence-corrected chi connectivity index (χ0v) is 19.9. The lowest BCUT2D eigenvalue weighted by molar-refractivity contribution is -0.137. The predicted molar refractivity (Wildman–Crippen MR) is 137 cm³/mol. The number of hydrogen-bond acceptors (Lipinski definition) is 4. The smallest absolute Gasteiger partial charge is 0.324 e. The lowest BCUT2D eigenvalue weighted by Gasteiger charge is -2.15. The number of hydrogen-bond donors (Lipinski definition) is 1. The van der Waals surface area contributed by atoms with Crippen LogP contribution in [0.15, 0.2) is 83.9 Å². The van der Waals surface area contributed by atoms with Gasteiger partial charge in [0.15, 0.2) is 0 Å². The van der Waals surface area contributed by atoms with E-state index in [0.29, 0.717) is 38.8 Å². The molecule has 9 heteroatoms. The van der Waals surface area contributed by atoms with E-state index < -0.39 is 17.3 Å². The first-order valence-electron chi connectivity index (χ1n) is 11.5. The van der Waals surface area contributed by atoms with Crippen LogP contribution in [0.25, 0.3) is 38.8 Å². The summed E-state index contributed by atoms with van der Waals surface area (Å²) >= 11 is 0. The number of anilines is 1. The lowest BCUT2D eigenvalue weighted by atomic mass is 10.0. The van der Waals surface area contributed by atoms with E-state index in [1.54, 1.807) is 62.6 Å². The maximum Gasteiger partial charge on any atom is 0.416 e. The second-order valence-corrected chi connectivity index (χ2v) is 8.89. The lowest BCUT2D eigenvalue weighted by Crippen LogP contribution is -2.18. The van der Waals surface area contributed by atoms with Gasteiger partial charge in [0.2, 0.25) is 5.91 Å². The molecule has 0 radical (unpaired) electrons. The van der Waals surface area contributed by atoms with Gasteiger partial charge in [0.05, 0.1) is 28.0 Å². The number of halogens is 3. The maximum atomic E-state index is 13.4. The molecular weight excluding hydrogens is 481 g/mol. The number of aromatic nitrogens is 3. The molecule has 1 N–H and O–H groups in total. The van der Waals surface area contributed by atoms with Crippen molar-refractivity contribution in [2.75, 3.05) is 5.32 Å². The summed E-state index contributed by atoms with van der Waals surface area (Å²) in [6.07, 6.45) is -1.38. The van der Waals surface area contributed by atoms with Gasteiger partial charge in [-0.25, -0.2) is 0 Å². The Morgan fingerprint density at radius 1 is 0.973 bits per heavy atom.